The molecule has 0 spiro atoms. The quantitative estimate of drug-likeness (QED) is 0.811. The average Bonchev–Trinajstić information content (AvgIpc) is 3.13. The smallest absolute Gasteiger partial charge is 0.258 e. The van der Waals surface area contributed by atoms with E-state index in [4.69, 9.17) is 9.47 Å². The highest BCUT2D eigenvalue weighted by molar-refractivity contribution is 6.35. The number of carbonyl (C=O) groups excluding carboxylic acids is 1. The summed E-state index contributed by atoms with van der Waals surface area (Å²) in [4.78, 5) is 14.6. The molecule has 116 valence electrons. The number of carbonyl (C=O) groups is 1. The van der Waals surface area contributed by atoms with Crippen LogP contribution in [0.2, 0.25) is 0 Å². The first-order valence-corrected chi connectivity index (χ1v) is 7.80. The van der Waals surface area contributed by atoms with Crippen LogP contribution in [-0.2, 0) is 4.79 Å². The first kappa shape index (κ1) is 13.9. The molecule has 0 saturated heterocycles. The fourth-order valence-electron chi connectivity index (χ4n) is 3.06. The lowest BCUT2D eigenvalue weighted by Gasteiger charge is -2.15. The van der Waals surface area contributed by atoms with Crippen molar-refractivity contribution in [2.75, 3.05) is 18.2 Å². The van der Waals surface area contributed by atoms with Crippen molar-refractivity contribution in [3.05, 3.63) is 53.6 Å². The number of fused-ring (bicyclic) bond motifs is 2. The van der Waals surface area contributed by atoms with Crippen LogP contribution in [-0.4, -0.2) is 19.2 Å². The van der Waals surface area contributed by atoms with Gasteiger partial charge in [-0.2, -0.15) is 0 Å². The Morgan fingerprint density at radius 2 is 1.96 bits per heavy atom. The number of amides is 1. The van der Waals surface area contributed by atoms with Crippen LogP contribution in [0, 0.1) is 0 Å². The second-order valence-corrected chi connectivity index (χ2v) is 5.64. The summed E-state index contributed by atoms with van der Waals surface area (Å²) in [5, 5.41) is 0. The first-order chi connectivity index (χ1) is 11.3. The van der Waals surface area contributed by atoms with Gasteiger partial charge in [-0.15, -0.1) is 0 Å². The lowest BCUT2D eigenvalue weighted by molar-refractivity contribution is -0.113. The van der Waals surface area contributed by atoms with Crippen molar-refractivity contribution >= 4 is 23.2 Å². The zero-order valence-electron chi connectivity index (χ0n) is 12.9. The lowest BCUT2D eigenvalue weighted by atomic mass is 10.0. The van der Waals surface area contributed by atoms with Crippen LogP contribution < -0.4 is 14.4 Å². The van der Waals surface area contributed by atoms with E-state index in [0.29, 0.717) is 0 Å². The molecule has 0 unspecified atom stereocenters. The average molecular weight is 307 g/mol. The third-order valence-electron chi connectivity index (χ3n) is 4.12. The fraction of sp³-hybridized carbons (Fsp3) is 0.211. The molecule has 1 amide bonds. The number of hydrogen-bond donors (Lipinski definition) is 0. The Labute approximate surface area is 134 Å². The van der Waals surface area contributed by atoms with E-state index < -0.39 is 0 Å². The molecule has 4 nitrogen and oxygen atoms in total. The third-order valence-corrected chi connectivity index (χ3v) is 4.12. The highest BCUT2D eigenvalue weighted by Gasteiger charge is 2.31. The Morgan fingerprint density at radius 3 is 2.83 bits per heavy atom. The Morgan fingerprint density at radius 1 is 1.13 bits per heavy atom. The molecule has 0 N–H and O–H groups in total. The molecular weight excluding hydrogens is 290 g/mol. The van der Waals surface area contributed by atoms with E-state index in [-0.39, 0.29) is 12.7 Å². The molecule has 0 aromatic heterocycles. The topological polar surface area (TPSA) is 38.8 Å². The molecule has 0 fully saturated rings. The molecule has 0 aliphatic carbocycles. The monoisotopic (exact) mass is 307 g/mol. The summed E-state index contributed by atoms with van der Waals surface area (Å²) >= 11 is 0. The predicted octanol–water partition coefficient (Wildman–Crippen LogP) is 3.71. The molecule has 2 heterocycles. The van der Waals surface area contributed by atoms with Gasteiger partial charge >= 0.3 is 0 Å². The van der Waals surface area contributed by atoms with Crippen molar-refractivity contribution in [1.29, 1.82) is 0 Å². The molecule has 2 aliphatic heterocycles. The van der Waals surface area contributed by atoms with Gasteiger partial charge in [-0.25, -0.2) is 0 Å². The van der Waals surface area contributed by atoms with Crippen molar-refractivity contribution < 1.29 is 14.3 Å². The highest BCUT2D eigenvalue weighted by Crippen LogP contribution is 2.39. The van der Waals surface area contributed by atoms with Crippen LogP contribution >= 0.6 is 0 Å². The van der Waals surface area contributed by atoms with E-state index in [9.17, 15) is 4.79 Å². The van der Waals surface area contributed by atoms with E-state index in [1.54, 1.807) is 0 Å². The van der Waals surface area contributed by atoms with E-state index >= 15 is 0 Å². The van der Waals surface area contributed by atoms with Gasteiger partial charge in [0.15, 0.2) is 11.5 Å². The Kier molecular flexibility index (Phi) is 3.30. The van der Waals surface area contributed by atoms with E-state index in [1.807, 2.05) is 53.4 Å². The summed E-state index contributed by atoms with van der Waals surface area (Å²) in [5.74, 6) is 1.53. The molecule has 4 heteroatoms. The van der Waals surface area contributed by atoms with Crippen LogP contribution in [0.3, 0.4) is 0 Å². The third kappa shape index (κ3) is 2.27. The molecule has 2 aromatic carbocycles. The van der Waals surface area contributed by atoms with Crippen LogP contribution in [0.1, 0.15) is 24.5 Å². The maximum atomic E-state index is 12.8. The molecular formula is C19H17NO3. The van der Waals surface area contributed by atoms with Gasteiger partial charge in [-0.3, -0.25) is 4.79 Å². The molecule has 0 bridgehead atoms. The van der Waals surface area contributed by atoms with Crippen LogP contribution in [0.5, 0.6) is 11.5 Å². The maximum Gasteiger partial charge on any atom is 0.258 e. The minimum atomic E-state index is 0.0608. The first-order valence-electron chi connectivity index (χ1n) is 7.80. The van der Waals surface area contributed by atoms with Gasteiger partial charge in [0, 0.05) is 17.7 Å². The van der Waals surface area contributed by atoms with Gasteiger partial charge in [0.1, 0.15) is 0 Å². The normalized spacial score (nSPS) is 17.0. The minimum absolute atomic E-state index is 0.0608. The summed E-state index contributed by atoms with van der Waals surface area (Å²) in [6.07, 6.45) is 2.86. The summed E-state index contributed by atoms with van der Waals surface area (Å²) in [5.41, 5.74) is 3.65. The Balaban J connectivity index is 1.77. The maximum absolute atomic E-state index is 12.8. The molecule has 0 radical (unpaired) electrons. The number of ether oxygens (including phenoxy) is 2. The summed E-state index contributed by atoms with van der Waals surface area (Å²) < 4.78 is 10.7. The molecule has 0 atom stereocenters. The van der Waals surface area contributed by atoms with E-state index in [2.05, 4.69) is 6.92 Å². The van der Waals surface area contributed by atoms with Gasteiger partial charge in [0.2, 0.25) is 6.79 Å². The molecule has 2 aliphatic rings. The fourth-order valence-corrected chi connectivity index (χ4v) is 3.06. The molecule has 0 saturated carbocycles. The van der Waals surface area contributed by atoms with Gasteiger partial charge < -0.3 is 14.4 Å². The molecule has 2 aromatic rings. The zero-order valence-corrected chi connectivity index (χ0v) is 12.9. The summed E-state index contributed by atoms with van der Waals surface area (Å²) in [6, 6.07) is 13.7. The largest absolute Gasteiger partial charge is 0.454 e. The van der Waals surface area contributed by atoms with Gasteiger partial charge in [0.05, 0.1) is 5.69 Å². The number of benzene rings is 2. The highest BCUT2D eigenvalue weighted by atomic mass is 16.7. The second kappa shape index (κ2) is 5.47. The number of hydrogen-bond acceptors (Lipinski definition) is 3. The van der Waals surface area contributed by atoms with Crippen molar-refractivity contribution in [2.24, 2.45) is 0 Å². The van der Waals surface area contributed by atoms with Crippen molar-refractivity contribution in [3.8, 4) is 11.5 Å². The van der Waals surface area contributed by atoms with E-state index in [1.165, 1.54) is 0 Å². The van der Waals surface area contributed by atoms with Gasteiger partial charge in [-0.1, -0.05) is 31.2 Å². The summed E-state index contributed by atoms with van der Waals surface area (Å²) in [6.45, 7) is 3.06. The molecule has 4 rings (SSSR count). The number of para-hydroxylation sites is 1. The Bertz CT molecular complexity index is 810. The van der Waals surface area contributed by atoms with Crippen molar-refractivity contribution in [2.45, 2.75) is 13.3 Å². The predicted molar refractivity (Wildman–Crippen MR) is 89.5 cm³/mol. The van der Waals surface area contributed by atoms with E-state index in [0.717, 1.165) is 46.9 Å². The van der Waals surface area contributed by atoms with Crippen LogP contribution in [0.25, 0.3) is 11.6 Å². The van der Waals surface area contributed by atoms with Crippen LogP contribution in [0.4, 0.5) is 5.69 Å². The Hall–Kier alpha value is -2.75. The second-order valence-electron chi connectivity index (χ2n) is 5.64. The standard InChI is InChI=1S/C19H17NO3/c1-2-9-20-16-6-4-3-5-14(16)15(19(20)21)10-13-7-8-17-18(11-13)23-12-22-17/h3-8,10-11H,2,9,12H2,1H3/b15-10-. The number of anilines is 1. The van der Waals surface area contributed by atoms with Crippen molar-refractivity contribution in [1.82, 2.24) is 0 Å². The van der Waals surface area contributed by atoms with Gasteiger partial charge in [0.25, 0.3) is 5.91 Å². The number of rotatable bonds is 3. The minimum Gasteiger partial charge on any atom is -0.454 e. The zero-order chi connectivity index (χ0) is 15.8. The van der Waals surface area contributed by atoms with Gasteiger partial charge in [-0.05, 0) is 36.3 Å². The lowest BCUT2D eigenvalue weighted by Crippen LogP contribution is -2.26. The molecule has 23 heavy (non-hydrogen) atoms. The number of nitrogens with zero attached hydrogens (tertiary/aromatic N) is 1. The van der Waals surface area contributed by atoms with Crippen molar-refractivity contribution in [3.63, 3.8) is 0 Å². The SMILES string of the molecule is CCCN1C(=O)/C(=C\c2ccc3c(c2)OCO3)c2ccccc21. The van der Waals surface area contributed by atoms with Crippen LogP contribution in [0.15, 0.2) is 42.5 Å². The summed E-state index contributed by atoms with van der Waals surface area (Å²) in [7, 11) is 0.